The van der Waals surface area contributed by atoms with Crippen LogP contribution in [-0.4, -0.2) is 30.6 Å². The summed E-state index contributed by atoms with van der Waals surface area (Å²) in [6, 6.07) is 22.4. The summed E-state index contributed by atoms with van der Waals surface area (Å²) < 4.78 is 31.5. The molecule has 7 heteroatoms. The van der Waals surface area contributed by atoms with Crippen LogP contribution < -0.4 is 10.2 Å². The van der Waals surface area contributed by atoms with E-state index in [-0.39, 0.29) is 11.1 Å². The van der Waals surface area contributed by atoms with Gasteiger partial charge in [0, 0.05) is 22.5 Å². The second-order valence-electron chi connectivity index (χ2n) is 6.84. The number of para-hydroxylation sites is 1. The zero-order valence-electron chi connectivity index (χ0n) is 15.7. The van der Waals surface area contributed by atoms with Crippen molar-refractivity contribution in [1.82, 2.24) is 0 Å². The van der Waals surface area contributed by atoms with Crippen LogP contribution in [-0.2, 0) is 10.1 Å². The molecular weight excluding hydrogens is 404 g/mol. The van der Waals surface area contributed by atoms with Crippen LogP contribution in [0.5, 0.6) is 0 Å². The van der Waals surface area contributed by atoms with E-state index in [0.29, 0.717) is 13.0 Å². The first-order chi connectivity index (χ1) is 14.0. The summed E-state index contributed by atoms with van der Waals surface area (Å²) in [5.41, 5.74) is 2.13. The Balaban J connectivity index is 1.60. The molecule has 0 saturated carbocycles. The summed E-state index contributed by atoms with van der Waals surface area (Å²) in [6.07, 6.45) is 4.37. The number of hydrogen-bond donors (Lipinski definition) is 2. The number of rotatable bonds is 7. The van der Waals surface area contributed by atoms with E-state index in [9.17, 15) is 8.42 Å². The highest BCUT2D eigenvalue weighted by Crippen LogP contribution is 2.47. The molecule has 1 unspecified atom stereocenters. The molecule has 0 saturated heterocycles. The van der Waals surface area contributed by atoms with Gasteiger partial charge in [-0.2, -0.15) is 8.42 Å². The predicted octanol–water partition coefficient (Wildman–Crippen LogP) is 4.98. The average Bonchev–Trinajstić information content (AvgIpc) is 3.06. The number of thioether (sulfide) groups is 1. The molecule has 0 spiro atoms. The Morgan fingerprint density at radius 2 is 1.79 bits per heavy atom. The van der Waals surface area contributed by atoms with E-state index in [4.69, 9.17) is 4.55 Å². The lowest BCUT2D eigenvalue weighted by Crippen LogP contribution is -2.30. The van der Waals surface area contributed by atoms with Crippen molar-refractivity contribution in [3.8, 4) is 0 Å². The Kier molecular flexibility index (Phi) is 5.80. The van der Waals surface area contributed by atoms with E-state index in [1.807, 2.05) is 48.7 Å². The first-order valence-electron chi connectivity index (χ1n) is 9.40. The number of nitrogens with one attached hydrogen (secondary N) is 1. The number of hydrogen-bond acceptors (Lipinski definition) is 5. The van der Waals surface area contributed by atoms with E-state index in [2.05, 4.69) is 40.6 Å². The summed E-state index contributed by atoms with van der Waals surface area (Å²) in [7, 11) is -3.97. The van der Waals surface area contributed by atoms with Gasteiger partial charge in [-0.1, -0.05) is 60.3 Å². The predicted molar refractivity (Wildman–Crippen MR) is 121 cm³/mol. The Morgan fingerprint density at radius 1 is 1.03 bits per heavy atom. The molecule has 1 aliphatic heterocycles. The number of nitrogens with zero attached hydrogens (tertiary/aromatic N) is 1. The van der Waals surface area contributed by atoms with Crippen LogP contribution in [0, 0.1) is 0 Å². The standard InChI is InChI=1S/C22H22N2O3S2/c25-29(26,27)16-6-15-24-21(13-14-23-18-8-2-1-3-9-18)28-20-12-11-17-7-4-5-10-19(17)22(20)24/h1-5,7-14,21,23H,6,15-16H2,(H,25,26,27). The van der Waals surface area contributed by atoms with Crippen molar-refractivity contribution in [2.24, 2.45) is 0 Å². The minimum absolute atomic E-state index is 0.0356. The highest BCUT2D eigenvalue weighted by Gasteiger charge is 2.30. The molecule has 1 heterocycles. The van der Waals surface area contributed by atoms with E-state index in [1.165, 1.54) is 4.90 Å². The molecule has 0 fully saturated rings. The molecule has 29 heavy (non-hydrogen) atoms. The molecule has 0 radical (unpaired) electrons. The summed E-state index contributed by atoms with van der Waals surface area (Å²) in [5, 5.41) is 5.62. The maximum absolute atomic E-state index is 11.2. The van der Waals surface area contributed by atoms with E-state index < -0.39 is 10.1 Å². The fourth-order valence-corrected chi connectivity index (χ4v) is 5.24. The maximum Gasteiger partial charge on any atom is 0.264 e. The second-order valence-corrected chi connectivity index (χ2v) is 9.57. The Hall–Kier alpha value is -2.48. The number of fused-ring (bicyclic) bond motifs is 3. The van der Waals surface area contributed by atoms with Crippen molar-refractivity contribution >= 4 is 44.0 Å². The first-order valence-corrected chi connectivity index (χ1v) is 11.9. The minimum Gasteiger partial charge on any atom is -0.362 e. The molecular formula is C22H22N2O3S2. The lowest BCUT2D eigenvalue weighted by molar-refractivity contribution is 0.481. The van der Waals surface area contributed by atoms with E-state index in [1.54, 1.807) is 11.8 Å². The fraction of sp³-hybridized carbons (Fsp3) is 0.182. The van der Waals surface area contributed by atoms with Gasteiger partial charge in [-0.15, -0.1) is 0 Å². The lowest BCUT2D eigenvalue weighted by atomic mass is 10.1. The molecule has 5 nitrogen and oxygen atoms in total. The highest BCUT2D eigenvalue weighted by atomic mass is 32.2. The van der Waals surface area contributed by atoms with Crippen molar-refractivity contribution < 1.29 is 13.0 Å². The molecule has 3 aromatic carbocycles. The van der Waals surface area contributed by atoms with Gasteiger partial charge in [-0.3, -0.25) is 4.55 Å². The largest absolute Gasteiger partial charge is 0.362 e. The van der Waals surface area contributed by atoms with Gasteiger partial charge in [0.1, 0.15) is 0 Å². The van der Waals surface area contributed by atoms with Crippen molar-refractivity contribution in [3.05, 3.63) is 79.0 Å². The van der Waals surface area contributed by atoms with Gasteiger partial charge in [0.25, 0.3) is 10.1 Å². The van der Waals surface area contributed by atoms with Crippen LogP contribution in [0.1, 0.15) is 6.42 Å². The van der Waals surface area contributed by atoms with E-state index in [0.717, 1.165) is 22.1 Å². The Bertz CT molecular complexity index is 1130. The molecule has 1 atom stereocenters. The quantitative estimate of drug-likeness (QED) is 0.519. The molecule has 3 aromatic rings. The monoisotopic (exact) mass is 426 g/mol. The molecule has 0 bridgehead atoms. The van der Waals surface area contributed by atoms with Gasteiger partial charge in [-0.25, -0.2) is 0 Å². The van der Waals surface area contributed by atoms with Crippen LogP contribution >= 0.6 is 11.8 Å². The second kappa shape index (κ2) is 8.49. The summed E-state index contributed by atoms with van der Waals surface area (Å²) >= 11 is 1.74. The third-order valence-electron chi connectivity index (χ3n) is 4.79. The van der Waals surface area contributed by atoms with Gasteiger partial charge in [-0.05, 0) is 42.3 Å². The maximum atomic E-state index is 11.2. The smallest absolute Gasteiger partial charge is 0.264 e. The topological polar surface area (TPSA) is 69.6 Å². The van der Waals surface area contributed by atoms with Gasteiger partial charge in [0.2, 0.25) is 0 Å². The van der Waals surface area contributed by atoms with Crippen LogP contribution in [0.3, 0.4) is 0 Å². The van der Waals surface area contributed by atoms with Crippen LogP contribution in [0.25, 0.3) is 10.8 Å². The van der Waals surface area contributed by atoms with Gasteiger partial charge >= 0.3 is 0 Å². The Morgan fingerprint density at radius 3 is 2.59 bits per heavy atom. The first kappa shape index (κ1) is 19.8. The van der Waals surface area contributed by atoms with Crippen LogP contribution in [0.15, 0.2) is 83.9 Å². The molecule has 0 aromatic heterocycles. The van der Waals surface area contributed by atoms with Crippen molar-refractivity contribution in [2.75, 3.05) is 22.5 Å². The molecule has 0 amide bonds. The molecule has 2 N–H and O–H groups in total. The van der Waals surface area contributed by atoms with Crippen molar-refractivity contribution in [2.45, 2.75) is 16.7 Å². The number of benzene rings is 3. The molecule has 1 aliphatic rings. The SMILES string of the molecule is O=S(=O)(O)CCCN1c2c(ccc3ccccc23)SC1C=CNc1ccccc1. The minimum atomic E-state index is -3.97. The van der Waals surface area contributed by atoms with E-state index >= 15 is 0 Å². The average molecular weight is 427 g/mol. The third-order valence-corrected chi connectivity index (χ3v) is 6.83. The summed E-state index contributed by atoms with van der Waals surface area (Å²) in [4.78, 5) is 3.39. The lowest BCUT2D eigenvalue weighted by Gasteiger charge is -2.25. The molecule has 0 aliphatic carbocycles. The zero-order valence-corrected chi connectivity index (χ0v) is 17.4. The van der Waals surface area contributed by atoms with Crippen molar-refractivity contribution in [3.63, 3.8) is 0 Å². The van der Waals surface area contributed by atoms with Gasteiger partial charge < -0.3 is 10.2 Å². The Labute approximate surface area is 175 Å². The highest BCUT2D eigenvalue weighted by molar-refractivity contribution is 8.00. The van der Waals surface area contributed by atoms with Gasteiger partial charge in [0.05, 0.1) is 16.8 Å². The van der Waals surface area contributed by atoms with Crippen LogP contribution in [0.2, 0.25) is 0 Å². The summed E-state index contributed by atoms with van der Waals surface area (Å²) in [5.74, 6) is -0.243. The fourth-order valence-electron chi connectivity index (χ4n) is 3.51. The third kappa shape index (κ3) is 4.75. The zero-order chi connectivity index (χ0) is 20.3. The number of anilines is 2. The van der Waals surface area contributed by atoms with Crippen molar-refractivity contribution in [1.29, 1.82) is 0 Å². The summed E-state index contributed by atoms with van der Waals surface area (Å²) in [6.45, 7) is 0.536. The van der Waals surface area contributed by atoms with Crippen LogP contribution in [0.4, 0.5) is 11.4 Å². The molecule has 4 rings (SSSR count). The normalized spacial score (nSPS) is 16.4. The molecule has 150 valence electrons. The van der Waals surface area contributed by atoms with Gasteiger partial charge in [0.15, 0.2) is 0 Å².